The van der Waals surface area contributed by atoms with Gasteiger partial charge in [0.2, 0.25) is 0 Å². The molecule has 0 heteroatoms. The van der Waals surface area contributed by atoms with Gasteiger partial charge in [0, 0.05) is 0 Å². The number of rotatable bonds is 1. The van der Waals surface area contributed by atoms with Crippen LogP contribution in [0.2, 0.25) is 0 Å². The lowest BCUT2D eigenvalue weighted by atomic mass is 10.1. The molecule has 0 spiro atoms. The highest BCUT2D eigenvalue weighted by molar-refractivity contribution is 5.21. The summed E-state index contributed by atoms with van der Waals surface area (Å²) in [6, 6.07) is 8.61. The lowest BCUT2D eigenvalue weighted by Gasteiger charge is -1.95. The van der Waals surface area contributed by atoms with Crippen molar-refractivity contribution in [2.45, 2.75) is 34.1 Å². The van der Waals surface area contributed by atoms with E-state index in [1.807, 2.05) is 13.8 Å². The third-order valence-electron chi connectivity index (χ3n) is 1.49. The minimum absolute atomic E-state index is 1.14. The van der Waals surface area contributed by atoms with Crippen LogP contribution < -0.4 is 0 Å². The molecule has 0 radical (unpaired) electrons. The summed E-state index contributed by atoms with van der Waals surface area (Å²) in [6.45, 7) is 8.30. The van der Waals surface area contributed by atoms with Crippen LogP contribution in [0.15, 0.2) is 24.3 Å². The summed E-state index contributed by atoms with van der Waals surface area (Å²) in [4.78, 5) is 0. The van der Waals surface area contributed by atoms with Crippen LogP contribution in [0.25, 0.3) is 0 Å². The largest absolute Gasteiger partial charge is 0.0683 e. The molecule has 62 valence electrons. The van der Waals surface area contributed by atoms with Crippen LogP contribution in [0, 0.1) is 6.92 Å². The van der Waals surface area contributed by atoms with Crippen molar-refractivity contribution in [3.8, 4) is 0 Å². The van der Waals surface area contributed by atoms with Crippen LogP contribution in [0.3, 0.4) is 0 Å². The minimum atomic E-state index is 1.14. The van der Waals surface area contributed by atoms with E-state index >= 15 is 0 Å². The highest BCUT2D eigenvalue weighted by Gasteiger charge is 1.85. The predicted octanol–water partition coefficient (Wildman–Crippen LogP) is 3.58. The summed E-state index contributed by atoms with van der Waals surface area (Å²) < 4.78 is 0. The van der Waals surface area contributed by atoms with Crippen LogP contribution in [-0.4, -0.2) is 0 Å². The summed E-state index contributed by atoms with van der Waals surface area (Å²) in [5.74, 6) is 0. The smallest absolute Gasteiger partial charge is 0.0307 e. The zero-order valence-corrected chi connectivity index (χ0v) is 8.02. The standard InChI is InChI=1S/C9H12.C2H6/c1-3-9-6-4-5-8(2)7-9;1-2/h4-7H,3H2,1-2H3;1-2H3. The Labute approximate surface area is 70.3 Å². The normalized spacial score (nSPS) is 8.36. The predicted molar refractivity (Wildman–Crippen MR) is 51.9 cm³/mol. The van der Waals surface area contributed by atoms with Gasteiger partial charge in [0.1, 0.15) is 0 Å². The molecule has 0 bridgehead atoms. The zero-order chi connectivity index (χ0) is 8.69. The van der Waals surface area contributed by atoms with Crippen LogP contribution in [0.4, 0.5) is 0 Å². The van der Waals surface area contributed by atoms with Crippen molar-refractivity contribution < 1.29 is 0 Å². The summed E-state index contributed by atoms with van der Waals surface area (Å²) in [7, 11) is 0. The summed E-state index contributed by atoms with van der Waals surface area (Å²) in [5, 5.41) is 0. The molecule has 1 rings (SSSR count). The van der Waals surface area contributed by atoms with E-state index in [2.05, 4.69) is 38.1 Å². The Morgan fingerprint density at radius 3 is 2.18 bits per heavy atom. The van der Waals surface area contributed by atoms with E-state index in [1.54, 1.807) is 0 Å². The van der Waals surface area contributed by atoms with Crippen molar-refractivity contribution in [3.63, 3.8) is 0 Å². The molecule has 0 aromatic heterocycles. The number of hydrogen-bond acceptors (Lipinski definition) is 0. The topological polar surface area (TPSA) is 0 Å². The highest BCUT2D eigenvalue weighted by atomic mass is 13.9. The van der Waals surface area contributed by atoms with E-state index in [1.165, 1.54) is 11.1 Å². The molecule has 0 saturated carbocycles. The lowest BCUT2D eigenvalue weighted by molar-refractivity contribution is 1.13. The number of aryl methyl sites for hydroxylation is 2. The summed E-state index contributed by atoms with van der Waals surface area (Å²) >= 11 is 0. The van der Waals surface area contributed by atoms with Crippen molar-refractivity contribution in [2.24, 2.45) is 0 Å². The van der Waals surface area contributed by atoms with Crippen molar-refractivity contribution in [1.29, 1.82) is 0 Å². The monoisotopic (exact) mass is 150 g/mol. The van der Waals surface area contributed by atoms with Crippen molar-refractivity contribution in [3.05, 3.63) is 35.4 Å². The first-order chi connectivity index (χ1) is 5.33. The Kier molecular flexibility index (Phi) is 5.54. The average Bonchev–Trinajstić information content (AvgIpc) is 2.08. The Morgan fingerprint density at radius 2 is 1.82 bits per heavy atom. The summed E-state index contributed by atoms with van der Waals surface area (Å²) in [6.07, 6.45) is 1.14. The molecule has 0 atom stereocenters. The van der Waals surface area contributed by atoms with Gasteiger partial charge in [-0.3, -0.25) is 0 Å². The van der Waals surface area contributed by atoms with E-state index in [9.17, 15) is 0 Å². The van der Waals surface area contributed by atoms with Crippen LogP contribution >= 0.6 is 0 Å². The van der Waals surface area contributed by atoms with E-state index in [-0.39, 0.29) is 0 Å². The molecule has 11 heavy (non-hydrogen) atoms. The van der Waals surface area contributed by atoms with Gasteiger partial charge in [-0.1, -0.05) is 50.6 Å². The molecule has 0 nitrogen and oxygen atoms in total. The van der Waals surface area contributed by atoms with Gasteiger partial charge in [-0.25, -0.2) is 0 Å². The molecular weight excluding hydrogens is 132 g/mol. The van der Waals surface area contributed by atoms with Crippen molar-refractivity contribution in [2.75, 3.05) is 0 Å². The molecule has 1 aromatic rings. The average molecular weight is 150 g/mol. The fourth-order valence-electron chi connectivity index (χ4n) is 0.932. The van der Waals surface area contributed by atoms with E-state index in [0.717, 1.165) is 6.42 Å². The molecule has 0 aliphatic rings. The molecule has 0 aliphatic heterocycles. The van der Waals surface area contributed by atoms with E-state index < -0.39 is 0 Å². The minimum Gasteiger partial charge on any atom is -0.0683 e. The van der Waals surface area contributed by atoms with Crippen LogP contribution in [-0.2, 0) is 6.42 Å². The first-order valence-electron chi connectivity index (χ1n) is 4.38. The fourth-order valence-corrected chi connectivity index (χ4v) is 0.932. The molecule has 1 aromatic carbocycles. The zero-order valence-electron chi connectivity index (χ0n) is 8.02. The fraction of sp³-hybridized carbons (Fsp3) is 0.455. The molecular formula is C11H18. The molecule has 0 saturated heterocycles. The molecule has 0 N–H and O–H groups in total. The second-order valence-electron chi connectivity index (χ2n) is 2.34. The Bertz CT molecular complexity index is 189. The maximum atomic E-state index is 2.22. The third kappa shape index (κ3) is 3.82. The first-order valence-corrected chi connectivity index (χ1v) is 4.38. The third-order valence-corrected chi connectivity index (χ3v) is 1.49. The lowest BCUT2D eigenvalue weighted by Crippen LogP contribution is -1.78. The van der Waals surface area contributed by atoms with Gasteiger partial charge in [0.25, 0.3) is 0 Å². The van der Waals surface area contributed by atoms with E-state index in [4.69, 9.17) is 0 Å². The molecule has 0 unspecified atom stereocenters. The van der Waals surface area contributed by atoms with Crippen molar-refractivity contribution >= 4 is 0 Å². The van der Waals surface area contributed by atoms with Gasteiger partial charge in [0.05, 0.1) is 0 Å². The SMILES string of the molecule is CC.CCc1cccc(C)c1. The van der Waals surface area contributed by atoms with Crippen molar-refractivity contribution in [1.82, 2.24) is 0 Å². The first kappa shape index (κ1) is 10.2. The number of benzene rings is 1. The van der Waals surface area contributed by atoms with E-state index in [0.29, 0.717) is 0 Å². The van der Waals surface area contributed by atoms with Gasteiger partial charge in [-0.05, 0) is 18.9 Å². The van der Waals surface area contributed by atoms with Crippen LogP contribution in [0.5, 0.6) is 0 Å². The van der Waals surface area contributed by atoms with Gasteiger partial charge in [0.15, 0.2) is 0 Å². The Hall–Kier alpha value is -0.780. The second kappa shape index (κ2) is 5.96. The van der Waals surface area contributed by atoms with Gasteiger partial charge < -0.3 is 0 Å². The molecule has 0 heterocycles. The molecule has 0 aliphatic carbocycles. The van der Waals surface area contributed by atoms with Gasteiger partial charge >= 0.3 is 0 Å². The van der Waals surface area contributed by atoms with Gasteiger partial charge in [-0.2, -0.15) is 0 Å². The van der Waals surface area contributed by atoms with Gasteiger partial charge in [-0.15, -0.1) is 0 Å². The Morgan fingerprint density at radius 1 is 1.18 bits per heavy atom. The molecule has 0 amide bonds. The quantitative estimate of drug-likeness (QED) is 0.574. The Balaban J connectivity index is 0.000000461. The molecule has 0 fully saturated rings. The van der Waals surface area contributed by atoms with Crippen LogP contribution in [0.1, 0.15) is 31.9 Å². The summed E-state index contributed by atoms with van der Waals surface area (Å²) in [5.41, 5.74) is 2.78. The maximum absolute atomic E-state index is 2.22. The maximum Gasteiger partial charge on any atom is -0.0307 e. The second-order valence-corrected chi connectivity index (χ2v) is 2.34. The number of hydrogen-bond donors (Lipinski definition) is 0. The highest BCUT2D eigenvalue weighted by Crippen LogP contribution is 2.03.